The largest absolute Gasteiger partial charge is 0.384 e. The second-order valence-electron chi connectivity index (χ2n) is 2.77. The highest BCUT2D eigenvalue weighted by Crippen LogP contribution is 2.14. The van der Waals surface area contributed by atoms with Gasteiger partial charge in [-0.3, -0.25) is 0 Å². The van der Waals surface area contributed by atoms with Crippen molar-refractivity contribution < 1.29 is 4.74 Å². The Morgan fingerprint density at radius 1 is 1.67 bits per heavy atom. The van der Waals surface area contributed by atoms with Gasteiger partial charge in [-0.1, -0.05) is 6.92 Å². The molecule has 1 rings (SSSR count). The molecule has 1 aromatic heterocycles. The quantitative estimate of drug-likeness (QED) is 0.723. The first-order chi connectivity index (χ1) is 5.74. The summed E-state index contributed by atoms with van der Waals surface area (Å²) in [5, 5.41) is 7.43. The molecule has 0 aliphatic carbocycles. The van der Waals surface area contributed by atoms with Crippen LogP contribution >= 0.6 is 0 Å². The number of hydrogen-bond donors (Lipinski definition) is 1. The number of hydrogen-bond acceptors (Lipinski definition) is 4. The van der Waals surface area contributed by atoms with E-state index in [2.05, 4.69) is 17.1 Å². The van der Waals surface area contributed by atoms with Crippen molar-refractivity contribution in [3.63, 3.8) is 0 Å². The van der Waals surface area contributed by atoms with Gasteiger partial charge in [-0.25, -0.2) is 0 Å². The van der Waals surface area contributed by atoms with E-state index in [1.165, 1.54) is 0 Å². The molecule has 0 aliphatic rings. The molecule has 12 heavy (non-hydrogen) atoms. The third-order valence-electron chi connectivity index (χ3n) is 1.68. The first-order valence-corrected chi connectivity index (χ1v) is 3.81. The van der Waals surface area contributed by atoms with Crippen LogP contribution in [0.5, 0.6) is 0 Å². The van der Waals surface area contributed by atoms with E-state index in [0.29, 0.717) is 18.3 Å². The highest BCUT2D eigenvalue weighted by molar-refractivity contribution is 5.30. The SMILES string of the molecule is COCC(C)c1cnnc(N)c1. The average Bonchev–Trinajstić information content (AvgIpc) is 2.05. The molecule has 0 bridgehead atoms. The predicted molar refractivity (Wildman–Crippen MR) is 46.7 cm³/mol. The summed E-state index contributed by atoms with van der Waals surface area (Å²) in [7, 11) is 1.68. The summed E-state index contributed by atoms with van der Waals surface area (Å²) in [6.07, 6.45) is 1.71. The molecule has 0 amide bonds. The van der Waals surface area contributed by atoms with E-state index >= 15 is 0 Å². The van der Waals surface area contributed by atoms with Gasteiger partial charge < -0.3 is 10.5 Å². The van der Waals surface area contributed by atoms with E-state index in [4.69, 9.17) is 10.5 Å². The first-order valence-electron chi connectivity index (χ1n) is 3.81. The van der Waals surface area contributed by atoms with Gasteiger partial charge in [-0.05, 0) is 11.6 Å². The number of nitrogens with zero attached hydrogens (tertiary/aromatic N) is 2. The van der Waals surface area contributed by atoms with E-state index in [1.807, 2.05) is 6.07 Å². The lowest BCUT2D eigenvalue weighted by Gasteiger charge is -2.09. The molecule has 2 N–H and O–H groups in total. The van der Waals surface area contributed by atoms with E-state index < -0.39 is 0 Å². The lowest BCUT2D eigenvalue weighted by Crippen LogP contribution is -2.04. The molecule has 0 radical (unpaired) electrons. The fourth-order valence-electron chi connectivity index (χ4n) is 1.01. The summed E-state index contributed by atoms with van der Waals surface area (Å²) in [6.45, 7) is 2.73. The highest BCUT2D eigenvalue weighted by Gasteiger charge is 2.05. The van der Waals surface area contributed by atoms with Crippen LogP contribution in [0.4, 0.5) is 5.82 Å². The number of methoxy groups -OCH3 is 1. The van der Waals surface area contributed by atoms with Crippen molar-refractivity contribution in [3.8, 4) is 0 Å². The predicted octanol–water partition coefficient (Wildman–Crippen LogP) is 0.809. The topological polar surface area (TPSA) is 61.0 Å². The molecule has 0 saturated carbocycles. The second kappa shape index (κ2) is 4.01. The summed E-state index contributed by atoms with van der Waals surface area (Å²) in [5.74, 6) is 0.767. The standard InChI is InChI=1S/C8H13N3O/c1-6(5-12-2)7-3-8(9)11-10-4-7/h3-4,6H,5H2,1-2H3,(H2,9,11). The number of nitrogens with two attached hydrogens (primary N) is 1. The minimum atomic E-state index is 0.313. The van der Waals surface area contributed by atoms with Crippen LogP contribution in [0.2, 0.25) is 0 Å². The third-order valence-corrected chi connectivity index (χ3v) is 1.68. The minimum Gasteiger partial charge on any atom is -0.384 e. The molecular formula is C8H13N3O. The summed E-state index contributed by atoms with van der Waals surface area (Å²) in [6, 6.07) is 1.82. The van der Waals surface area contributed by atoms with E-state index in [1.54, 1.807) is 13.3 Å². The van der Waals surface area contributed by atoms with Gasteiger partial charge in [-0.2, -0.15) is 5.10 Å². The Morgan fingerprint density at radius 2 is 2.42 bits per heavy atom. The van der Waals surface area contributed by atoms with Crippen molar-refractivity contribution in [2.45, 2.75) is 12.8 Å². The van der Waals surface area contributed by atoms with Crippen LogP contribution in [0, 0.1) is 0 Å². The van der Waals surface area contributed by atoms with Crippen LogP contribution in [0.25, 0.3) is 0 Å². The summed E-state index contributed by atoms with van der Waals surface area (Å²) in [4.78, 5) is 0. The normalized spacial score (nSPS) is 12.8. The van der Waals surface area contributed by atoms with Crippen LogP contribution in [-0.4, -0.2) is 23.9 Å². The van der Waals surface area contributed by atoms with Crippen molar-refractivity contribution in [2.75, 3.05) is 19.5 Å². The van der Waals surface area contributed by atoms with Gasteiger partial charge in [0.15, 0.2) is 0 Å². The Kier molecular flexibility index (Phi) is 2.99. The minimum absolute atomic E-state index is 0.313. The maximum absolute atomic E-state index is 5.48. The van der Waals surface area contributed by atoms with Gasteiger partial charge in [0, 0.05) is 13.0 Å². The van der Waals surface area contributed by atoms with Crippen molar-refractivity contribution in [1.29, 1.82) is 0 Å². The van der Waals surface area contributed by atoms with Gasteiger partial charge in [-0.15, -0.1) is 5.10 Å². The fourth-order valence-corrected chi connectivity index (χ4v) is 1.01. The van der Waals surface area contributed by atoms with Gasteiger partial charge in [0.1, 0.15) is 5.82 Å². The lowest BCUT2D eigenvalue weighted by atomic mass is 10.1. The molecule has 0 aromatic carbocycles. The fraction of sp³-hybridized carbons (Fsp3) is 0.500. The van der Waals surface area contributed by atoms with E-state index in [0.717, 1.165) is 5.56 Å². The molecular weight excluding hydrogens is 154 g/mol. The number of aromatic nitrogens is 2. The average molecular weight is 167 g/mol. The van der Waals surface area contributed by atoms with Crippen LogP contribution in [-0.2, 0) is 4.74 Å². The van der Waals surface area contributed by atoms with Crippen LogP contribution in [0.15, 0.2) is 12.3 Å². The van der Waals surface area contributed by atoms with Crippen molar-refractivity contribution in [1.82, 2.24) is 10.2 Å². The van der Waals surface area contributed by atoms with Crippen molar-refractivity contribution >= 4 is 5.82 Å². The van der Waals surface area contributed by atoms with Crippen molar-refractivity contribution in [3.05, 3.63) is 17.8 Å². The molecule has 66 valence electrons. The third kappa shape index (κ3) is 2.17. The Hall–Kier alpha value is -1.16. The van der Waals surface area contributed by atoms with E-state index in [9.17, 15) is 0 Å². The van der Waals surface area contributed by atoms with Crippen LogP contribution in [0.3, 0.4) is 0 Å². The zero-order valence-corrected chi connectivity index (χ0v) is 7.32. The van der Waals surface area contributed by atoms with Gasteiger partial charge in [0.2, 0.25) is 0 Å². The molecule has 4 nitrogen and oxygen atoms in total. The molecule has 0 spiro atoms. The monoisotopic (exact) mass is 167 g/mol. The maximum Gasteiger partial charge on any atom is 0.146 e. The van der Waals surface area contributed by atoms with Crippen LogP contribution in [0.1, 0.15) is 18.4 Å². The van der Waals surface area contributed by atoms with E-state index in [-0.39, 0.29) is 0 Å². The molecule has 0 fully saturated rings. The first kappa shape index (κ1) is 8.93. The van der Waals surface area contributed by atoms with Gasteiger partial charge in [0.25, 0.3) is 0 Å². The lowest BCUT2D eigenvalue weighted by molar-refractivity contribution is 0.184. The Balaban J connectivity index is 2.73. The molecule has 4 heteroatoms. The molecule has 0 aliphatic heterocycles. The zero-order chi connectivity index (χ0) is 8.97. The molecule has 1 heterocycles. The molecule has 1 atom stereocenters. The number of ether oxygens (including phenoxy) is 1. The molecule has 1 aromatic rings. The zero-order valence-electron chi connectivity index (χ0n) is 7.32. The summed E-state index contributed by atoms with van der Waals surface area (Å²) in [5.41, 5.74) is 6.54. The molecule has 0 saturated heterocycles. The summed E-state index contributed by atoms with van der Waals surface area (Å²) < 4.78 is 5.01. The van der Waals surface area contributed by atoms with Crippen LogP contribution < -0.4 is 5.73 Å². The Morgan fingerprint density at radius 3 is 3.00 bits per heavy atom. The Labute approximate surface area is 71.8 Å². The van der Waals surface area contributed by atoms with Gasteiger partial charge in [0.05, 0.1) is 12.8 Å². The Bertz CT molecular complexity index is 252. The number of anilines is 1. The highest BCUT2D eigenvalue weighted by atomic mass is 16.5. The number of rotatable bonds is 3. The molecule has 1 unspecified atom stereocenters. The summed E-state index contributed by atoms with van der Waals surface area (Å²) >= 11 is 0. The number of nitrogen functional groups attached to an aromatic ring is 1. The maximum atomic E-state index is 5.48. The smallest absolute Gasteiger partial charge is 0.146 e. The van der Waals surface area contributed by atoms with Gasteiger partial charge >= 0.3 is 0 Å². The van der Waals surface area contributed by atoms with Crippen molar-refractivity contribution in [2.24, 2.45) is 0 Å². The second-order valence-corrected chi connectivity index (χ2v) is 2.77.